The van der Waals surface area contributed by atoms with E-state index in [0.29, 0.717) is 24.9 Å². The molecule has 0 aromatic heterocycles. The Morgan fingerprint density at radius 3 is 1.67 bits per heavy atom. The van der Waals surface area contributed by atoms with Gasteiger partial charge in [-0.3, -0.25) is 0 Å². The van der Waals surface area contributed by atoms with Crippen molar-refractivity contribution in [1.82, 2.24) is 0 Å². The third kappa shape index (κ3) is 1.29. The van der Waals surface area contributed by atoms with E-state index < -0.39 is 0 Å². The summed E-state index contributed by atoms with van der Waals surface area (Å²) in [5, 5.41) is 0. The maximum absolute atomic E-state index is 5.39. The molecule has 2 atom stereocenters. The van der Waals surface area contributed by atoms with Crippen molar-refractivity contribution in [1.29, 1.82) is 0 Å². The van der Waals surface area contributed by atoms with Crippen LogP contribution in [-0.2, 0) is 9.47 Å². The maximum Gasteiger partial charge on any atom is 0.273 e. The van der Waals surface area contributed by atoms with E-state index in [4.69, 9.17) is 9.47 Å². The fourth-order valence-electron chi connectivity index (χ4n) is 1.19. The molecule has 0 amide bonds. The van der Waals surface area contributed by atoms with Gasteiger partial charge in [-0.2, -0.15) is 0 Å². The zero-order valence-electron chi connectivity index (χ0n) is 7.28. The molecule has 0 bridgehead atoms. The second kappa shape index (κ2) is 2.77. The van der Waals surface area contributed by atoms with E-state index in [1.165, 1.54) is 0 Å². The highest BCUT2D eigenvalue weighted by atomic mass is 16.6. The molecule has 0 radical (unpaired) electrons. The van der Waals surface area contributed by atoms with Crippen LogP contribution in [0.15, 0.2) is 9.98 Å². The van der Waals surface area contributed by atoms with Gasteiger partial charge in [-0.1, -0.05) is 0 Å². The Morgan fingerprint density at radius 2 is 1.42 bits per heavy atom. The summed E-state index contributed by atoms with van der Waals surface area (Å²) in [6.45, 7) is 5.39. The quantitative estimate of drug-likeness (QED) is 0.576. The minimum Gasteiger partial charge on any atom is -0.469 e. The Balaban J connectivity index is 2.02. The van der Waals surface area contributed by atoms with Gasteiger partial charge in [-0.25, -0.2) is 9.98 Å². The zero-order valence-corrected chi connectivity index (χ0v) is 7.28. The van der Waals surface area contributed by atoms with Crippen LogP contribution >= 0.6 is 0 Å². The first kappa shape index (κ1) is 7.58. The first-order valence-corrected chi connectivity index (χ1v) is 4.18. The van der Waals surface area contributed by atoms with Gasteiger partial charge in [-0.15, -0.1) is 0 Å². The Kier molecular flexibility index (Phi) is 1.75. The van der Waals surface area contributed by atoms with Gasteiger partial charge in [0.2, 0.25) is 0 Å². The minimum atomic E-state index is 0.169. The molecule has 2 heterocycles. The summed E-state index contributed by atoms with van der Waals surface area (Å²) in [5.41, 5.74) is 0. The summed E-state index contributed by atoms with van der Waals surface area (Å²) in [6.07, 6.45) is 0.337. The normalized spacial score (nSPS) is 33.8. The lowest BCUT2D eigenvalue weighted by molar-refractivity contribution is 0.223. The SMILES string of the molecule is CC1CN=C(C2=NCC(C)O2)O1. The average molecular weight is 168 g/mol. The second-order valence-corrected chi connectivity index (χ2v) is 3.15. The van der Waals surface area contributed by atoms with Crippen molar-refractivity contribution in [2.45, 2.75) is 26.1 Å². The molecular weight excluding hydrogens is 156 g/mol. The van der Waals surface area contributed by atoms with Crippen molar-refractivity contribution in [3.05, 3.63) is 0 Å². The number of aliphatic imine (C=N–C) groups is 2. The third-order valence-electron chi connectivity index (χ3n) is 1.79. The van der Waals surface area contributed by atoms with Crippen molar-refractivity contribution in [3.63, 3.8) is 0 Å². The number of ether oxygens (including phenoxy) is 2. The molecule has 0 spiro atoms. The van der Waals surface area contributed by atoms with Gasteiger partial charge in [0.05, 0.1) is 13.1 Å². The molecule has 2 rings (SSSR count). The Hall–Kier alpha value is -1.06. The summed E-state index contributed by atoms with van der Waals surface area (Å²) < 4.78 is 10.8. The van der Waals surface area contributed by atoms with Crippen molar-refractivity contribution in [2.24, 2.45) is 9.98 Å². The van der Waals surface area contributed by atoms with E-state index in [9.17, 15) is 0 Å². The molecule has 0 N–H and O–H groups in total. The molecule has 0 fully saturated rings. The van der Waals surface area contributed by atoms with E-state index in [2.05, 4.69) is 9.98 Å². The monoisotopic (exact) mass is 168 g/mol. The van der Waals surface area contributed by atoms with Crippen LogP contribution in [0.4, 0.5) is 0 Å². The number of hydrogen-bond donors (Lipinski definition) is 0. The first-order valence-electron chi connectivity index (χ1n) is 4.18. The Morgan fingerprint density at radius 1 is 1.00 bits per heavy atom. The number of nitrogens with zero attached hydrogens (tertiary/aromatic N) is 2. The van der Waals surface area contributed by atoms with Crippen molar-refractivity contribution in [2.75, 3.05) is 13.1 Å². The Labute approximate surface area is 71.3 Å². The predicted molar refractivity (Wildman–Crippen MR) is 45.7 cm³/mol. The smallest absolute Gasteiger partial charge is 0.273 e. The topological polar surface area (TPSA) is 43.2 Å². The molecule has 0 aliphatic carbocycles. The molecule has 2 unspecified atom stereocenters. The van der Waals surface area contributed by atoms with E-state index in [-0.39, 0.29) is 12.2 Å². The predicted octanol–water partition coefficient (Wildman–Crippen LogP) is 0.621. The molecule has 4 nitrogen and oxygen atoms in total. The van der Waals surface area contributed by atoms with E-state index >= 15 is 0 Å². The largest absolute Gasteiger partial charge is 0.469 e. The molecule has 2 aliphatic heterocycles. The van der Waals surface area contributed by atoms with Crippen molar-refractivity contribution < 1.29 is 9.47 Å². The number of rotatable bonds is 1. The summed E-state index contributed by atoms with van der Waals surface area (Å²) in [6, 6.07) is 0. The molecule has 0 saturated heterocycles. The zero-order chi connectivity index (χ0) is 8.55. The van der Waals surface area contributed by atoms with Crippen LogP contribution in [0.1, 0.15) is 13.8 Å². The molecule has 2 aliphatic rings. The molecule has 4 heteroatoms. The first-order chi connectivity index (χ1) is 5.75. The molecule has 0 aromatic rings. The Bertz CT molecular complexity index is 221. The second-order valence-electron chi connectivity index (χ2n) is 3.15. The van der Waals surface area contributed by atoms with Crippen LogP contribution in [0, 0.1) is 0 Å². The molecule has 12 heavy (non-hydrogen) atoms. The maximum atomic E-state index is 5.39. The van der Waals surface area contributed by atoms with Gasteiger partial charge < -0.3 is 9.47 Å². The fraction of sp³-hybridized carbons (Fsp3) is 0.750. The van der Waals surface area contributed by atoms with E-state index in [1.54, 1.807) is 0 Å². The van der Waals surface area contributed by atoms with Crippen LogP contribution < -0.4 is 0 Å². The fourth-order valence-corrected chi connectivity index (χ4v) is 1.19. The highest BCUT2D eigenvalue weighted by molar-refractivity contribution is 6.36. The lowest BCUT2D eigenvalue weighted by Gasteiger charge is -2.06. The van der Waals surface area contributed by atoms with Crippen LogP contribution in [0.2, 0.25) is 0 Å². The lowest BCUT2D eigenvalue weighted by atomic mass is 10.4. The third-order valence-corrected chi connectivity index (χ3v) is 1.79. The standard InChI is InChI=1S/C8H12N2O2/c1-5-3-9-7(11-5)8-10-4-6(2)12-8/h5-6H,3-4H2,1-2H3. The molecule has 0 aromatic carbocycles. The summed E-state index contributed by atoms with van der Waals surface area (Å²) in [5.74, 6) is 1.15. The van der Waals surface area contributed by atoms with Crippen LogP contribution in [0.5, 0.6) is 0 Å². The van der Waals surface area contributed by atoms with Gasteiger partial charge in [0.15, 0.2) is 0 Å². The lowest BCUT2D eigenvalue weighted by Crippen LogP contribution is -2.19. The number of hydrogen-bond acceptors (Lipinski definition) is 4. The summed E-state index contributed by atoms with van der Waals surface area (Å²) >= 11 is 0. The van der Waals surface area contributed by atoms with E-state index in [0.717, 1.165) is 0 Å². The van der Waals surface area contributed by atoms with Crippen LogP contribution in [0.25, 0.3) is 0 Å². The van der Waals surface area contributed by atoms with Gasteiger partial charge in [0.25, 0.3) is 11.8 Å². The molecule has 0 saturated carbocycles. The minimum absolute atomic E-state index is 0.169. The summed E-state index contributed by atoms with van der Waals surface area (Å²) in [7, 11) is 0. The average Bonchev–Trinajstić information content (AvgIpc) is 2.58. The van der Waals surface area contributed by atoms with Crippen LogP contribution in [-0.4, -0.2) is 37.1 Å². The van der Waals surface area contributed by atoms with Gasteiger partial charge >= 0.3 is 0 Å². The highest BCUT2D eigenvalue weighted by Crippen LogP contribution is 2.11. The summed E-state index contributed by atoms with van der Waals surface area (Å²) in [4.78, 5) is 8.34. The van der Waals surface area contributed by atoms with Crippen molar-refractivity contribution in [3.8, 4) is 0 Å². The van der Waals surface area contributed by atoms with E-state index in [1.807, 2.05) is 13.8 Å². The van der Waals surface area contributed by atoms with Gasteiger partial charge in [-0.05, 0) is 13.8 Å². The van der Waals surface area contributed by atoms with Gasteiger partial charge in [0.1, 0.15) is 12.2 Å². The van der Waals surface area contributed by atoms with Gasteiger partial charge in [0, 0.05) is 0 Å². The molecule has 66 valence electrons. The van der Waals surface area contributed by atoms with Crippen LogP contribution in [0.3, 0.4) is 0 Å². The highest BCUT2D eigenvalue weighted by Gasteiger charge is 2.26. The van der Waals surface area contributed by atoms with Crippen molar-refractivity contribution >= 4 is 11.8 Å². The molecular formula is C8H12N2O2.